The van der Waals surface area contributed by atoms with E-state index in [1.807, 2.05) is 12.3 Å². The van der Waals surface area contributed by atoms with Crippen LogP contribution in [-0.2, 0) is 5.41 Å². The first-order valence-corrected chi connectivity index (χ1v) is 11.4. The number of fused-ring (bicyclic) bond motifs is 3. The van der Waals surface area contributed by atoms with E-state index in [1.165, 1.54) is 6.92 Å². The summed E-state index contributed by atoms with van der Waals surface area (Å²) >= 11 is 0. The summed E-state index contributed by atoms with van der Waals surface area (Å²) in [6.07, 6.45) is 3.00. The third-order valence-corrected chi connectivity index (χ3v) is 7.18. The van der Waals surface area contributed by atoms with Crippen molar-refractivity contribution >= 4 is 16.6 Å². The molecule has 0 aliphatic heterocycles. The SMILES string of the molecule is CC(CNC[C@H]1CC[C@H](c2nnn3cnc4[nH]ccc4c23)CC1)(c1ccccc1)C(F)(F)F. The van der Waals surface area contributed by atoms with Gasteiger partial charge in [-0.2, -0.15) is 13.2 Å². The number of aromatic nitrogens is 5. The average Bonchev–Trinajstić information content (AvgIpc) is 3.46. The smallest absolute Gasteiger partial charge is 0.346 e. The van der Waals surface area contributed by atoms with Crippen LogP contribution in [0.2, 0.25) is 0 Å². The van der Waals surface area contributed by atoms with Crippen LogP contribution in [0, 0.1) is 5.92 Å². The molecule has 4 aromatic rings. The summed E-state index contributed by atoms with van der Waals surface area (Å²) in [7, 11) is 0. The lowest BCUT2D eigenvalue weighted by Crippen LogP contribution is -2.48. The largest absolute Gasteiger partial charge is 0.399 e. The van der Waals surface area contributed by atoms with E-state index < -0.39 is 11.6 Å². The Labute approximate surface area is 189 Å². The fraction of sp³-hybridized carbons (Fsp3) is 0.458. The van der Waals surface area contributed by atoms with E-state index in [2.05, 4.69) is 25.6 Å². The molecule has 1 fully saturated rings. The van der Waals surface area contributed by atoms with Crippen molar-refractivity contribution in [3.63, 3.8) is 0 Å². The molecule has 0 bridgehead atoms. The van der Waals surface area contributed by atoms with E-state index in [-0.39, 0.29) is 6.54 Å². The first-order chi connectivity index (χ1) is 15.9. The van der Waals surface area contributed by atoms with Crippen LogP contribution in [0.25, 0.3) is 16.6 Å². The van der Waals surface area contributed by atoms with Crippen molar-refractivity contribution in [3.8, 4) is 0 Å². The number of H-pyrrole nitrogens is 1. The molecule has 0 amide bonds. The van der Waals surface area contributed by atoms with E-state index >= 15 is 0 Å². The molecule has 1 unspecified atom stereocenters. The molecule has 1 aromatic carbocycles. The molecular formula is C24H27F3N6. The van der Waals surface area contributed by atoms with Crippen LogP contribution in [-0.4, -0.2) is 44.1 Å². The van der Waals surface area contributed by atoms with Gasteiger partial charge in [-0.3, -0.25) is 0 Å². The number of rotatable bonds is 6. The van der Waals surface area contributed by atoms with E-state index in [1.54, 1.807) is 41.2 Å². The summed E-state index contributed by atoms with van der Waals surface area (Å²) < 4.78 is 43.5. The number of hydrogen-bond donors (Lipinski definition) is 2. The highest BCUT2D eigenvalue weighted by Gasteiger charge is 2.51. The van der Waals surface area contributed by atoms with Gasteiger partial charge in [-0.05, 0) is 56.7 Å². The maximum atomic E-state index is 13.9. The van der Waals surface area contributed by atoms with Crippen LogP contribution < -0.4 is 5.32 Å². The zero-order valence-corrected chi connectivity index (χ0v) is 18.4. The number of nitrogens with one attached hydrogen (secondary N) is 2. The van der Waals surface area contributed by atoms with Gasteiger partial charge < -0.3 is 10.3 Å². The van der Waals surface area contributed by atoms with Gasteiger partial charge in [0.1, 0.15) is 22.9 Å². The number of alkyl halides is 3. The molecule has 2 N–H and O–H groups in total. The molecule has 33 heavy (non-hydrogen) atoms. The minimum Gasteiger partial charge on any atom is -0.346 e. The third-order valence-electron chi connectivity index (χ3n) is 7.18. The fourth-order valence-electron chi connectivity index (χ4n) is 5.03. The zero-order chi connectivity index (χ0) is 23.1. The molecule has 6 nitrogen and oxygen atoms in total. The van der Waals surface area contributed by atoms with Crippen LogP contribution in [0.1, 0.15) is 49.8 Å². The standard InChI is InChI=1S/C24H27F3N6/c1-23(24(25,26)27,18-5-3-2-4-6-18)14-28-13-16-7-9-17(10-8-16)20-21-19-11-12-29-22(19)30-15-33(21)32-31-20/h2-6,11-12,15-17,28-29H,7-10,13-14H2,1H3/t16-,17-,23?. The Balaban J connectivity index is 1.22. The van der Waals surface area contributed by atoms with E-state index in [0.29, 0.717) is 23.9 Å². The normalized spacial score (nSPS) is 21.5. The molecule has 174 valence electrons. The van der Waals surface area contributed by atoms with Crippen LogP contribution in [0.4, 0.5) is 13.2 Å². The first-order valence-electron chi connectivity index (χ1n) is 11.4. The topological polar surface area (TPSA) is 70.9 Å². The number of benzene rings is 1. The van der Waals surface area contributed by atoms with Crippen molar-refractivity contribution < 1.29 is 13.2 Å². The van der Waals surface area contributed by atoms with E-state index in [0.717, 1.165) is 47.9 Å². The second-order valence-electron chi connectivity index (χ2n) is 9.30. The summed E-state index contributed by atoms with van der Waals surface area (Å²) in [5.74, 6) is 0.647. The Morgan fingerprint density at radius 2 is 1.85 bits per heavy atom. The van der Waals surface area contributed by atoms with Crippen molar-refractivity contribution in [2.75, 3.05) is 13.1 Å². The monoisotopic (exact) mass is 456 g/mol. The van der Waals surface area contributed by atoms with Crippen molar-refractivity contribution in [1.82, 2.24) is 30.1 Å². The second-order valence-corrected chi connectivity index (χ2v) is 9.30. The molecule has 1 saturated carbocycles. The Bertz CT molecular complexity index is 1220. The van der Waals surface area contributed by atoms with Gasteiger partial charge in [0.15, 0.2) is 0 Å². The van der Waals surface area contributed by atoms with Gasteiger partial charge in [0.2, 0.25) is 0 Å². The van der Waals surface area contributed by atoms with E-state index in [9.17, 15) is 13.2 Å². The molecule has 9 heteroatoms. The summed E-state index contributed by atoms with van der Waals surface area (Å²) in [6.45, 7) is 1.73. The Kier molecular flexibility index (Phi) is 5.60. The van der Waals surface area contributed by atoms with Crippen molar-refractivity contribution in [3.05, 3.63) is 60.2 Å². The lowest BCUT2D eigenvalue weighted by Gasteiger charge is -2.34. The highest BCUT2D eigenvalue weighted by atomic mass is 19.4. The molecule has 0 spiro atoms. The van der Waals surface area contributed by atoms with Crippen LogP contribution in [0.5, 0.6) is 0 Å². The molecule has 0 saturated heterocycles. The molecule has 5 rings (SSSR count). The maximum absolute atomic E-state index is 13.9. The molecule has 0 radical (unpaired) electrons. The van der Waals surface area contributed by atoms with Crippen LogP contribution >= 0.6 is 0 Å². The Morgan fingerprint density at radius 1 is 1.09 bits per heavy atom. The van der Waals surface area contributed by atoms with Gasteiger partial charge in [-0.1, -0.05) is 35.5 Å². The fourth-order valence-corrected chi connectivity index (χ4v) is 5.03. The highest BCUT2D eigenvalue weighted by Crippen LogP contribution is 2.41. The van der Waals surface area contributed by atoms with Crippen LogP contribution in [0.3, 0.4) is 0 Å². The molecule has 3 heterocycles. The lowest BCUT2D eigenvalue weighted by atomic mass is 9.79. The summed E-state index contributed by atoms with van der Waals surface area (Å²) in [5, 5.41) is 12.8. The molecule has 1 aliphatic rings. The van der Waals surface area contributed by atoms with E-state index in [4.69, 9.17) is 0 Å². The lowest BCUT2D eigenvalue weighted by molar-refractivity contribution is -0.184. The summed E-state index contributed by atoms with van der Waals surface area (Å²) in [5.41, 5.74) is 1.17. The predicted molar refractivity (Wildman–Crippen MR) is 120 cm³/mol. The van der Waals surface area contributed by atoms with Gasteiger partial charge in [-0.15, -0.1) is 5.10 Å². The predicted octanol–water partition coefficient (Wildman–Crippen LogP) is 4.99. The number of halogens is 3. The minimum absolute atomic E-state index is 0.130. The van der Waals surface area contributed by atoms with Gasteiger partial charge in [-0.25, -0.2) is 9.50 Å². The molecule has 3 aromatic heterocycles. The molecule has 1 aliphatic carbocycles. The van der Waals surface area contributed by atoms with Gasteiger partial charge in [0.25, 0.3) is 0 Å². The Hall–Kier alpha value is -2.94. The molecular weight excluding hydrogens is 429 g/mol. The van der Waals surface area contributed by atoms with Gasteiger partial charge in [0.05, 0.1) is 5.69 Å². The minimum atomic E-state index is -4.33. The summed E-state index contributed by atoms with van der Waals surface area (Å²) in [6, 6.07) is 10.2. The maximum Gasteiger partial charge on any atom is 0.399 e. The third kappa shape index (κ3) is 3.99. The molecule has 1 atom stereocenters. The number of nitrogens with zero attached hydrogens (tertiary/aromatic N) is 4. The van der Waals surface area contributed by atoms with Crippen LogP contribution in [0.15, 0.2) is 48.9 Å². The van der Waals surface area contributed by atoms with Crippen molar-refractivity contribution in [2.45, 2.75) is 50.1 Å². The van der Waals surface area contributed by atoms with Crippen molar-refractivity contribution in [1.29, 1.82) is 0 Å². The average molecular weight is 457 g/mol. The number of hydrogen-bond acceptors (Lipinski definition) is 4. The number of aromatic amines is 1. The zero-order valence-electron chi connectivity index (χ0n) is 18.4. The summed E-state index contributed by atoms with van der Waals surface area (Å²) in [4.78, 5) is 7.48. The van der Waals surface area contributed by atoms with Gasteiger partial charge >= 0.3 is 6.18 Å². The quantitative estimate of drug-likeness (QED) is 0.429. The first kappa shape index (κ1) is 21.9. The van der Waals surface area contributed by atoms with Crippen molar-refractivity contribution in [2.24, 2.45) is 5.92 Å². The highest BCUT2D eigenvalue weighted by molar-refractivity contribution is 5.92. The van der Waals surface area contributed by atoms with Gasteiger partial charge in [0, 0.05) is 24.0 Å². The Morgan fingerprint density at radius 3 is 2.58 bits per heavy atom. The second kappa shape index (κ2) is 8.44.